The SMILES string of the molecule is NC[C@@H]1CCN(Cc2cccc(C=NN)c2)C1=O. The zero-order valence-corrected chi connectivity index (χ0v) is 10.2. The maximum atomic E-state index is 12.0. The van der Waals surface area contributed by atoms with Crippen LogP contribution in [-0.2, 0) is 11.3 Å². The Kier molecular flexibility index (Phi) is 3.94. The predicted molar refractivity (Wildman–Crippen MR) is 70.8 cm³/mol. The first-order valence-electron chi connectivity index (χ1n) is 6.05. The van der Waals surface area contributed by atoms with E-state index in [2.05, 4.69) is 5.10 Å². The molecule has 1 heterocycles. The summed E-state index contributed by atoms with van der Waals surface area (Å²) >= 11 is 0. The Labute approximate surface area is 106 Å². The topological polar surface area (TPSA) is 84.7 Å². The number of hydrazone groups is 1. The van der Waals surface area contributed by atoms with Gasteiger partial charge in [-0.1, -0.05) is 18.2 Å². The molecule has 1 atom stereocenters. The maximum absolute atomic E-state index is 12.0. The Hall–Kier alpha value is -1.88. The fourth-order valence-electron chi connectivity index (χ4n) is 2.26. The van der Waals surface area contributed by atoms with Crippen molar-refractivity contribution in [1.82, 2.24) is 4.90 Å². The highest BCUT2D eigenvalue weighted by atomic mass is 16.2. The number of benzene rings is 1. The van der Waals surface area contributed by atoms with Gasteiger partial charge in [0, 0.05) is 19.6 Å². The summed E-state index contributed by atoms with van der Waals surface area (Å²) in [5.74, 6) is 5.28. The lowest BCUT2D eigenvalue weighted by Gasteiger charge is -2.16. The number of hydrogen-bond acceptors (Lipinski definition) is 4. The highest BCUT2D eigenvalue weighted by Crippen LogP contribution is 2.19. The number of likely N-dealkylation sites (tertiary alicyclic amines) is 1. The van der Waals surface area contributed by atoms with Gasteiger partial charge in [0.2, 0.25) is 5.91 Å². The van der Waals surface area contributed by atoms with Gasteiger partial charge in [-0.25, -0.2) is 0 Å². The molecule has 5 heteroatoms. The van der Waals surface area contributed by atoms with E-state index in [9.17, 15) is 4.79 Å². The molecule has 0 bridgehead atoms. The minimum atomic E-state index is -0.00112. The predicted octanol–water partition coefficient (Wildman–Crippen LogP) is 0.286. The van der Waals surface area contributed by atoms with Crippen LogP contribution in [0.2, 0.25) is 0 Å². The maximum Gasteiger partial charge on any atom is 0.227 e. The van der Waals surface area contributed by atoms with Crippen molar-refractivity contribution < 1.29 is 4.79 Å². The van der Waals surface area contributed by atoms with E-state index < -0.39 is 0 Å². The zero-order chi connectivity index (χ0) is 13.0. The molecule has 96 valence electrons. The first-order chi connectivity index (χ1) is 8.74. The van der Waals surface area contributed by atoms with Crippen LogP contribution in [-0.4, -0.2) is 30.1 Å². The van der Waals surface area contributed by atoms with Crippen molar-refractivity contribution in [3.05, 3.63) is 35.4 Å². The van der Waals surface area contributed by atoms with Crippen LogP contribution >= 0.6 is 0 Å². The second kappa shape index (κ2) is 5.64. The molecule has 1 aliphatic rings. The van der Waals surface area contributed by atoms with E-state index in [-0.39, 0.29) is 11.8 Å². The largest absolute Gasteiger partial charge is 0.338 e. The number of hydrogen-bond donors (Lipinski definition) is 2. The van der Waals surface area contributed by atoms with E-state index in [4.69, 9.17) is 11.6 Å². The van der Waals surface area contributed by atoms with Crippen molar-refractivity contribution in [3.63, 3.8) is 0 Å². The van der Waals surface area contributed by atoms with Crippen molar-refractivity contribution in [1.29, 1.82) is 0 Å². The van der Waals surface area contributed by atoms with Crippen molar-refractivity contribution in [3.8, 4) is 0 Å². The summed E-state index contributed by atoms with van der Waals surface area (Å²) in [5.41, 5.74) is 7.59. The van der Waals surface area contributed by atoms with Gasteiger partial charge in [-0.15, -0.1) is 0 Å². The number of nitrogens with zero attached hydrogens (tertiary/aromatic N) is 2. The average molecular weight is 246 g/mol. The summed E-state index contributed by atoms with van der Waals surface area (Å²) in [4.78, 5) is 13.8. The Morgan fingerprint density at radius 2 is 2.33 bits per heavy atom. The van der Waals surface area contributed by atoms with Gasteiger partial charge in [0.15, 0.2) is 0 Å². The van der Waals surface area contributed by atoms with Crippen LogP contribution in [0.1, 0.15) is 17.5 Å². The first kappa shape index (κ1) is 12.6. The summed E-state index contributed by atoms with van der Waals surface area (Å²) in [6.45, 7) is 1.85. The first-order valence-corrected chi connectivity index (χ1v) is 6.05. The molecule has 1 aromatic rings. The Bertz CT molecular complexity index is 458. The van der Waals surface area contributed by atoms with E-state index in [1.54, 1.807) is 6.21 Å². The summed E-state index contributed by atoms with van der Waals surface area (Å²) in [6.07, 6.45) is 2.46. The van der Waals surface area contributed by atoms with E-state index in [0.29, 0.717) is 13.1 Å². The molecule has 0 saturated carbocycles. The van der Waals surface area contributed by atoms with Gasteiger partial charge in [0.05, 0.1) is 12.1 Å². The molecular weight excluding hydrogens is 228 g/mol. The molecule has 0 spiro atoms. The molecule has 0 radical (unpaired) electrons. The summed E-state index contributed by atoms with van der Waals surface area (Å²) in [7, 11) is 0. The van der Waals surface area contributed by atoms with Gasteiger partial charge in [0.25, 0.3) is 0 Å². The third kappa shape index (κ3) is 2.68. The fraction of sp³-hybridized carbons (Fsp3) is 0.385. The number of nitrogens with two attached hydrogens (primary N) is 2. The van der Waals surface area contributed by atoms with Crippen LogP contribution in [0.3, 0.4) is 0 Å². The second-order valence-electron chi connectivity index (χ2n) is 4.50. The van der Waals surface area contributed by atoms with Crippen LogP contribution in [0.15, 0.2) is 29.4 Å². The zero-order valence-electron chi connectivity index (χ0n) is 10.2. The smallest absolute Gasteiger partial charge is 0.227 e. The molecule has 1 saturated heterocycles. The number of amides is 1. The number of carbonyl (C=O) groups excluding carboxylic acids is 1. The molecule has 1 fully saturated rings. The Morgan fingerprint density at radius 3 is 3.00 bits per heavy atom. The van der Waals surface area contributed by atoms with Crippen LogP contribution in [0.4, 0.5) is 0 Å². The van der Waals surface area contributed by atoms with E-state index >= 15 is 0 Å². The lowest BCUT2D eigenvalue weighted by atomic mass is 10.1. The van der Waals surface area contributed by atoms with Crippen molar-refractivity contribution >= 4 is 12.1 Å². The van der Waals surface area contributed by atoms with Gasteiger partial charge < -0.3 is 16.5 Å². The monoisotopic (exact) mass is 246 g/mol. The Morgan fingerprint density at radius 1 is 1.50 bits per heavy atom. The van der Waals surface area contributed by atoms with Crippen LogP contribution < -0.4 is 11.6 Å². The van der Waals surface area contributed by atoms with Gasteiger partial charge in [-0.3, -0.25) is 4.79 Å². The Balaban J connectivity index is 2.06. The normalized spacial score (nSPS) is 19.9. The highest BCUT2D eigenvalue weighted by Gasteiger charge is 2.30. The quantitative estimate of drug-likeness (QED) is 0.455. The van der Waals surface area contributed by atoms with Crippen LogP contribution in [0.5, 0.6) is 0 Å². The molecule has 0 aromatic heterocycles. The van der Waals surface area contributed by atoms with E-state index in [1.165, 1.54) is 0 Å². The molecule has 0 aliphatic carbocycles. The van der Waals surface area contributed by atoms with Crippen LogP contribution in [0.25, 0.3) is 0 Å². The van der Waals surface area contributed by atoms with E-state index in [0.717, 1.165) is 24.1 Å². The molecule has 1 aliphatic heterocycles. The van der Waals surface area contributed by atoms with Crippen molar-refractivity contribution in [2.75, 3.05) is 13.1 Å². The van der Waals surface area contributed by atoms with Gasteiger partial charge in [-0.05, 0) is 23.6 Å². The molecule has 4 N–H and O–H groups in total. The molecule has 1 amide bonds. The van der Waals surface area contributed by atoms with Gasteiger partial charge in [-0.2, -0.15) is 5.10 Å². The molecule has 5 nitrogen and oxygen atoms in total. The average Bonchev–Trinajstić information content (AvgIpc) is 2.71. The van der Waals surface area contributed by atoms with E-state index in [1.807, 2.05) is 29.2 Å². The van der Waals surface area contributed by atoms with Crippen LogP contribution in [0, 0.1) is 5.92 Å². The molecular formula is C13H18N4O. The molecule has 1 aromatic carbocycles. The standard InChI is InChI=1S/C13H18N4O/c14-7-12-4-5-17(13(12)18)9-11-3-1-2-10(6-11)8-16-15/h1-3,6,8,12H,4-5,7,9,14-15H2/t12-/m0/s1. The summed E-state index contributed by atoms with van der Waals surface area (Å²) in [6, 6.07) is 7.85. The lowest BCUT2D eigenvalue weighted by molar-refractivity contribution is -0.131. The van der Waals surface area contributed by atoms with Gasteiger partial charge in [0.1, 0.15) is 0 Å². The van der Waals surface area contributed by atoms with Crippen molar-refractivity contribution in [2.45, 2.75) is 13.0 Å². The third-order valence-electron chi connectivity index (χ3n) is 3.24. The second-order valence-corrected chi connectivity index (χ2v) is 4.50. The minimum Gasteiger partial charge on any atom is -0.338 e. The molecule has 0 unspecified atom stereocenters. The molecule has 2 rings (SSSR count). The summed E-state index contributed by atoms with van der Waals surface area (Å²) < 4.78 is 0. The molecule has 18 heavy (non-hydrogen) atoms. The minimum absolute atomic E-state index is 0.00112. The number of rotatable bonds is 4. The van der Waals surface area contributed by atoms with Gasteiger partial charge >= 0.3 is 0 Å². The fourth-order valence-corrected chi connectivity index (χ4v) is 2.26. The summed E-state index contributed by atoms with van der Waals surface area (Å²) in [5, 5.41) is 3.50. The third-order valence-corrected chi connectivity index (χ3v) is 3.24. The number of carbonyl (C=O) groups is 1. The lowest BCUT2D eigenvalue weighted by Crippen LogP contribution is -2.29. The highest BCUT2D eigenvalue weighted by molar-refractivity contribution is 5.81. The van der Waals surface area contributed by atoms with Crippen molar-refractivity contribution in [2.24, 2.45) is 22.6 Å².